The molecule has 0 amide bonds. The van der Waals surface area contributed by atoms with Gasteiger partial charge in [0.15, 0.2) is 0 Å². The molecule has 0 bridgehead atoms. The summed E-state index contributed by atoms with van der Waals surface area (Å²) >= 11 is 4.96. The zero-order valence-corrected chi connectivity index (χ0v) is 9.48. The molecule has 1 unspecified atom stereocenters. The maximum atomic E-state index is 2.53. The van der Waals surface area contributed by atoms with Crippen molar-refractivity contribution in [1.29, 1.82) is 0 Å². The second kappa shape index (κ2) is 6.58. The third-order valence-electron chi connectivity index (χ3n) is 1.09. The molecule has 0 aliphatic carbocycles. The summed E-state index contributed by atoms with van der Waals surface area (Å²) in [5.41, 5.74) is 0. The van der Waals surface area contributed by atoms with Gasteiger partial charge in [0.25, 0.3) is 0 Å². The quantitative estimate of drug-likeness (QED) is 0.544. The molecule has 0 rings (SSSR count). The highest BCUT2D eigenvalue weighted by atomic mass is 127. The minimum absolute atomic E-state index is 0.919. The summed E-state index contributed by atoms with van der Waals surface area (Å²) in [5.74, 6) is 0. The van der Waals surface area contributed by atoms with Crippen molar-refractivity contribution in [2.24, 2.45) is 0 Å². The number of hydrogen-bond acceptors (Lipinski definition) is 0. The van der Waals surface area contributed by atoms with Crippen LogP contribution >= 0.6 is 45.2 Å². The van der Waals surface area contributed by atoms with Crippen LogP contribution in [0.4, 0.5) is 0 Å². The Hall–Kier alpha value is 1.46. The number of hydrogen-bond donors (Lipinski definition) is 0. The summed E-state index contributed by atoms with van der Waals surface area (Å²) in [4.78, 5) is 0. The molecule has 0 N–H and O–H groups in total. The maximum Gasteiger partial charge on any atom is 0.0107 e. The topological polar surface area (TPSA) is 0 Å². The van der Waals surface area contributed by atoms with Crippen molar-refractivity contribution in [2.75, 3.05) is 4.43 Å². The fraction of sp³-hybridized carbons (Fsp3) is 1.00. The molecule has 0 nitrogen and oxygen atoms in total. The van der Waals surface area contributed by atoms with E-state index in [2.05, 4.69) is 52.1 Å². The standard InChI is InChI=1S/C6H12I2/c1-2-6(8)4-3-5-7/h6H,2-5H2,1H3. The predicted molar refractivity (Wildman–Crippen MR) is 56.2 cm³/mol. The van der Waals surface area contributed by atoms with Gasteiger partial charge in [0.2, 0.25) is 0 Å². The van der Waals surface area contributed by atoms with Crippen molar-refractivity contribution in [2.45, 2.75) is 30.1 Å². The Balaban J connectivity index is 2.86. The summed E-state index contributed by atoms with van der Waals surface area (Å²) in [6, 6.07) is 0. The Morgan fingerprint density at radius 2 is 2.12 bits per heavy atom. The van der Waals surface area contributed by atoms with Gasteiger partial charge in [-0.15, -0.1) is 0 Å². The minimum Gasteiger partial charge on any atom is -0.0864 e. The van der Waals surface area contributed by atoms with Gasteiger partial charge >= 0.3 is 0 Å². The van der Waals surface area contributed by atoms with E-state index in [1.807, 2.05) is 0 Å². The fourth-order valence-electron chi connectivity index (χ4n) is 0.503. The molecule has 0 aromatic heterocycles. The van der Waals surface area contributed by atoms with Crippen LogP contribution in [0, 0.1) is 0 Å². The van der Waals surface area contributed by atoms with Crippen LogP contribution in [-0.2, 0) is 0 Å². The normalized spacial score (nSPS) is 13.9. The second-order valence-corrected chi connectivity index (χ2v) is 4.68. The van der Waals surface area contributed by atoms with Crippen LogP contribution in [0.3, 0.4) is 0 Å². The molecule has 0 saturated heterocycles. The maximum absolute atomic E-state index is 2.53. The van der Waals surface area contributed by atoms with E-state index in [4.69, 9.17) is 0 Å². The van der Waals surface area contributed by atoms with E-state index in [1.54, 1.807) is 0 Å². The summed E-state index contributed by atoms with van der Waals surface area (Å²) in [6.45, 7) is 2.25. The molecule has 0 aromatic carbocycles. The smallest absolute Gasteiger partial charge is 0.0107 e. The van der Waals surface area contributed by atoms with Gasteiger partial charge in [-0.2, -0.15) is 0 Å². The SMILES string of the molecule is CCC(I)CCCI. The summed E-state index contributed by atoms with van der Waals surface area (Å²) in [7, 11) is 0. The lowest BCUT2D eigenvalue weighted by atomic mass is 10.2. The lowest BCUT2D eigenvalue weighted by Gasteiger charge is -2.02. The molecular weight excluding hydrogens is 326 g/mol. The van der Waals surface area contributed by atoms with Crippen LogP contribution in [0.5, 0.6) is 0 Å². The third kappa shape index (κ3) is 5.59. The molecule has 0 aliphatic heterocycles. The van der Waals surface area contributed by atoms with E-state index in [0.717, 1.165) is 3.92 Å². The molecule has 0 fully saturated rings. The molecule has 0 radical (unpaired) electrons. The van der Waals surface area contributed by atoms with Crippen molar-refractivity contribution in [3.8, 4) is 0 Å². The molecular formula is C6H12I2. The van der Waals surface area contributed by atoms with Crippen LogP contribution in [0.15, 0.2) is 0 Å². The van der Waals surface area contributed by atoms with Gasteiger partial charge in [-0.25, -0.2) is 0 Å². The highest BCUT2D eigenvalue weighted by molar-refractivity contribution is 14.1. The van der Waals surface area contributed by atoms with Crippen molar-refractivity contribution < 1.29 is 0 Å². The summed E-state index contributed by atoms with van der Waals surface area (Å²) in [5, 5.41) is 0. The molecule has 0 spiro atoms. The number of rotatable bonds is 4. The first-order valence-electron chi connectivity index (χ1n) is 3.01. The van der Waals surface area contributed by atoms with Crippen molar-refractivity contribution >= 4 is 45.2 Å². The number of halogens is 2. The first-order chi connectivity index (χ1) is 3.81. The number of alkyl halides is 2. The van der Waals surface area contributed by atoms with Crippen LogP contribution in [-0.4, -0.2) is 8.35 Å². The Bertz CT molecular complexity index is 45.8. The molecule has 0 aliphatic rings. The largest absolute Gasteiger partial charge is 0.0864 e. The van der Waals surface area contributed by atoms with E-state index >= 15 is 0 Å². The van der Waals surface area contributed by atoms with E-state index in [9.17, 15) is 0 Å². The van der Waals surface area contributed by atoms with E-state index in [-0.39, 0.29) is 0 Å². The molecule has 0 aromatic rings. The fourth-order valence-corrected chi connectivity index (χ4v) is 1.38. The van der Waals surface area contributed by atoms with Crippen LogP contribution < -0.4 is 0 Å². The molecule has 1 atom stereocenters. The average molecular weight is 338 g/mol. The zero-order chi connectivity index (χ0) is 6.41. The summed E-state index contributed by atoms with van der Waals surface area (Å²) in [6.07, 6.45) is 4.12. The third-order valence-corrected chi connectivity index (χ3v) is 3.36. The first-order valence-corrected chi connectivity index (χ1v) is 5.78. The van der Waals surface area contributed by atoms with Gasteiger partial charge in [0.1, 0.15) is 0 Å². The van der Waals surface area contributed by atoms with E-state index in [1.165, 1.54) is 23.7 Å². The molecule has 8 heavy (non-hydrogen) atoms. The molecule has 0 heterocycles. The lowest BCUT2D eigenvalue weighted by molar-refractivity contribution is 0.751. The Morgan fingerprint density at radius 1 is 1.50 bits per heavy atom. The minimum atomic E-state index is 0.919. The van der Waals surface area contributed by atoms with Gasteiger partial charge in [-0.05, 0) is 23.7 Å². The van der Waals surface area contributed by atoms with Gasteiger partial charge < -0.3 is 0 Å². The lowest BCUT2D eigenvalue weighted by Crippen LogP contribution is -1.93. The first kappa shape index (κ1) is 9.46. The van der Waals surface area contributed by atoms with E-state index < -0.39 is 0 Å². The van der Waals surface area contributed by atoms with Crippen molar-refractivity contribution in [3.05, 3.63) is 0 Å². The second-order valence-electron chi connectivity index (χ2n) is 1.84. The average Bonchev–Trinajstić information content (AvgIpc) is 1.83. The highest BCUT2D eigenvalue weighted by Gasteiger charge is 1.97. The van der Waals surface area contributed by atoms with Gasteiger partial charge in [-0.1, -0.05) is 52.1 Å². The van der Waals surface area contributed by atoms with Gasteiger partial charge in [0, 0.05) is 3.92 Å². The Kier molecular flexibility index (Phi) is 7.78. The van der Waals surface area contributed by atoms with Crippen LogP contribution in [0.1, 0.15) is 26.2 Å². The Labute approximate surface area is 79.1 Å². The Morgan fingerprint density at radius 3 is 2.50 bits per heavy atom. The van der Waals surface area contributed by atoms with Crippen LogP contribution in [0.2, 0.25) is 0 Å². The zero-order valence-electron chi connectivity index (χ0n) is 5.16. The molecule has 0 saturated carbocycles. The van der Waals surface area contributed by atoms with Gasteiger partial charge in [0.05, 0.1) is 0 Å². The summed E-state index contributed by atoms with van der Waals surface area (Å²) < 4.78 is 2.24. The highest BCUT2D eigenvalue weighted by Crippen LogP contribution is 2.12. The molecule has 50 valence electrons. The predicted octanol–water partition coefficient (Wildman–Crippen LogP) is 3.42. The van der Waals surface area contributed by atoms with E-state index in [0.29, 0.717) is 0 Å². The monoisotopic (exact) mass is 338 g/mol. The van der Waals surface area contributed by atoms with Crippen molar-refractivity contribution in [1.82, 2.24) is 0 Å². The van der Waals surface area contributed by atoms with Crippen molar-refractivity contribution in [3.63, 3.8) is 0 Å². The molecule has 2 heteroatoms. The van der Waals surface area contributed by atoms with Crippen LogP contribution in [0.25, 0.3) is 0 Å². The van der Waals surface area contributed by atoms with Gasteiger partial charge in [-0.3, -0.25) is 0 Å².